The van der Waals surface area contributed by atoms with Crippen LogP contribution >= 0.6 is 0 Å². The van der Waals surface area contributed by atoms with Crippen molar-refractivity contribution in [2.24, 2.45) is 5.92 Å². The van der Waals surface area contributed by atoms with Gasteiger partial charge in [0.2, 0.25) is 0 Å². The van der Waals surface area contributed by atoms with Gasteiger partial charge in [0.1, 0.15) is 11.6 Å². The van der Waals surface area contributed by atoms with Gasteiger partial charge in [-0.25, -0.2) is 13.3 Å². The molecule has 0 aliphatic heterocycles. The van der Waals surface area contributed by atoms with E-state index >= 15 is 0 Å². The molecule has 1 rings (SSSR count). The summed E-state index contributed by atoms with van der Waals surface area (Å²) in [5.74, 6) is 0.717. The first-order chi connectivity index (χ1) is 10.6. The second kappa shape index (κ2) is 8.60. The van der Waals surface area contributed by atoms with Crippen LogP contribution < -0.4 is 9.46 Å². The number of benzene rings is 1. The summed E-state index contributed by atoms with van der Waals surface area (Å²) in [7, 11) is 0.275. The fraction of sp³-hybridized carbons (Fsp3) is 0.556. The van der Waals surface area contributed by atoms with E-state index in [0.29, 0.717) is 12.3 Å². The number of halogens is 1. The van der Waals surface area contributed by atoms with Gasteiger partial charge in [-0.1, -0.05) is 26.0 Å². The zero-order valence-corrected chi connectivity index (χ0v) is 15.7. The van der Waals surface area contributed by atoms with E-state index in [4.69, 9.17) is 4.74 Å². The quantitative estimate of drug-likeness (QED) is 0.794. The maximum Gasteiger partial charge on any atom is 0.118 e. The Kier molecular flexibility index (Phi) is 7.42. The summed E-state index contributed by atoms with van der Waals surface area (Å²) < 4.78 is 34.6. The lowest BCUT2D eigenvalue weighted by Gasteiger charge is -2.24. The van der Waals surface area contributed by atoms with Crippen LogP contribution in [-0.4, -0.2) is 22.1 Å². The summed E-state index contributed by atoms with van der Waals surface area (Å²) in [5.41, 5.74) is 0.750. The molecule has 0 fully saturated rings. The first kappa shape index (κ1) is 19.8. The zero-order chi connectivity index (χ0) is 17.6. The average Bonchev–Trinajstić information content (AvgIpc) is 2.45. The Morgan fingerprint density at radius 3 is 2.30 bits per heavy atom. The molecule has 0 radical (unpaired) electrons. The molecule has 23 heavy (non-hydrogen) atoms. The molecule has 130 valence electrons. The summed E-state index contributed by atoms with van der Waals surface area (Å²) in [6, 6.07) is 6.61. The molecule has 0 heterocycles. The van der Waals surface area contributed by atoms with Gasteiger partial charge < -0.3 is 4.74 Å². The third-order valence-corrected chi connectivity index (χ3v) is 4.88. The maximum atomic E-state index is 14.7. The lowest BCUT2D eigenvalue weighted by molar-refractivity contribution is 0.415. The maximum absolute atomic E-state index is 14.7. The molecule has 0 saturated carbocycles. The molecule has 3 nitrogen and oxygen atoms in total. The van der Waals surface area contributed by atoms with E-state index in [0.717, 1.165) is 11.3 Å². The van der Waals surface area contributed by atoms with Crippen LogP contribution in [0.25, 0.3) is 6.08 Å². The Balaban J connectivity index is 2.95. The van der Waals surface area contributed by atoms with Crippen LogP contribution in [0.3, 0.4) is 0 Å². The Labute approximate surface area is 141 Å². The Morgan fingerprint density at radius 2 is 1.87 bits per heavy atom. The first-order valence-corrected chi connectivity index (χ1v) is 8.97. The molecule has 0 aliphatic carbocycles. The van der Waals surface area contributed by atoms with Crippen molar-refractivity contribution >= 4 is 17.1 Å². The topological polar surface area (TPSA) is 38.3 Å². The van der Waals surface area contributed by atoms with Crippen LogP contribution in [0.15, 0.2) is 30.1 Å². The summed E-state index contributed by atoms with van der Waals surface area (Å²) in [6.07, 6.45) is 2.07. The van der Waals surface area contributed by atoms with Gasteiger partial charge in [-0.3, -0.25) is 0 Å². The molecule has 0 spiro atoms. The average molecular weight is 341 g/mol. The molecule has 0 bridgehead atoms. The van der Waals surface area contributed by atoms with Crippen molar-refractivity contribution < 1.29 is 13.3 Å². The number of rotatable bonds is 7. The van der Waals surface area contributed by atoms with E-state index in [-0.39, 0.29) is 5.83 Å². The van der Waals surface area contributed by atoms with Crippen LogP contribution in [0.1, 0.15) is 46.6 Å². The normalized spacial score (nSPS) is 15.6. The van der Waals surface area contributed by atoms with Crippen molar-refractivity contribution in [3.05, 3.63) is 35.7 Å². The van der Waals surface area contributed by atoms with Gasteiger partial charge in [0.15, 0.2) is 0 Å². The summed E-state index contributed by atoms with van der Waals surface area (Å²) in [4.78, 5) is 0. The minimum Gasteiger partial charge on any atom is -0.497 e. The third kappa shape index (κ3) is 6.83. The van der Waals surface area contributed by atoms with Crippen LogP contribution in [-0.2, 0) is 11.0 Å². The number of methoxy groups -OCH3 is 1. The minimum absolute atomic E-state index is 0.291. The van der Waals surface area contributed by atoms with Crippen LogP contribution in [0.4, 0.5) is 4.39 Å². The van der Waals surface area contributed by atoms with Crippen LogP contribution in [0, 0.1) is 5.92 Å². The number of hydrogen-bond acceptors (Lipinski definition) is 2. The predicted molar refractivity (Wildman–Crippen MR) is 96.4 cm³/mol. The lowest BCUT2D eigenvalue weighted by Crippen LogP contribution is -2.40. The summed E-state index contributed by atoms with van der Waals surface area (Å²) >= 11 is 0. The van der Waals surface area contributed by atoms with Crippen molar-refractivity contribution in [3.8, 4) is 5.75 Å². The van der Waals surface area contributed by atoms with E-state index in [1.165, 1.54) is 6.08 Å². The molecule has 1 aromatic rings. The van der Waals surface area contributed by atoms with E-state index < -0.39 is 21.8 Å². The fourth-order valence-corrected chi connectivity index (χ4v) is 2.78. The second-order valence-electron chi connectivity index (χ2n) is 6.98. The van der Waals surface area contributed by atoms with Crippen molar-refractivity contribution in [2.75, 3.05) is 7.11 Å². The van der Waals surface area contributed by atoms with Gasteiger partial charge in [0.25, 0.3) is 0 Å². The van der Waals surface area contributed by atoms with Crippen molar-refractivity contribution in [2.45, 2.75) is 51.8 Å². The Morgan fingerprint density at radius 1 is 1.30 bits per heavy atom. The van der Waals surface area contributed by atoms with E-state index in [9.17, 15) is 8.60 Å². The Hall–Kier alpha value is -1.20. The molecule has 1 N–H and O–H groups in total. The van der Waals surface area contributed by atoms with E-state index in [1.807, 2.05) is 34.6 Å². The Bertz CT molecular complexity index is 547. The monoisotopic (exact) mass is 341 g/mol. The number of ether oxygens (including phenoxy) is 1. The predicted octanol–water partition coefficient (Wildman–Crippen LogP) is 4.47. The highest BCUT2D eigenvalue weighted by molar-refractivity contribution is 7.84. The van der Waals surface area contributed by atoms with E-state index in [2.05, 4.69) is 4.72 Å². The molecule has 0 amide bonds. The largest absolute Gasteiger partial charge is 0.497 e. The summed E-state index contributed by atoms with van der Waals surface area (Å²) in [5, 5.41) is 0. The van der Waals surface area contributed by atoms with Gasteiger partial charge in [-0.05, 0) is 56.9 Å². The van der Waals surface area contributed by atoms with Crippen LogP contribution in [0.2, 0.25) is 0 Å². The fourth-order valence-electron chi connectivity index (χ4n) is 1.95. The molecule has 1 unspecified atom stereocenters. The van der Waals surface area contributed by atoms with Gasteiger partial charge in [-0.15, -0.1) is 0 Å². The molecule has 0 aliphatic rings. The van der Waals surface area contributed by atoms with Gasteiger partial charge in [0, 0.05) is 0 Å². The van der Waals surface area contributed by atoms with Crippen molar-refractivity contribution in [1.82, 2.24) is 4.72 Å². The first-order valence-electron chi connectivity index (χ1n) is 7.82. The highest BCUT2D eigenvalue weighted by atomic mass is 32.2. The van der Waals surface area contributed by atoms with Crippen molar-refractivity contribution in [3.63, 3.8) is 0 Å². The minimum atomic E-state index is -1.32. The lowest BCUT2D eigenvalue weighted by atomic mass is 10.0. The molecule has 1 aromatic carbocycles. The van der Waals surface area contributed by atoms with Crippen molar-refractivity contribution in [1.29, 1.82) is 0 Å². The second-order valence-corrected chi connectivity index (χ2v) is 8.98. The molecule has 2 atom stereocenters. The van der Waals surface area contributed by atoms with E-state index in [1.54, 1.807) is 31.4 Å². The van der Waals surface area contributed by atoms with Gasteiger partial charge in [0.05, 0.1) is 28.9 Å². The summed E-state index contributed by atoms with van der Waals surface area (Å²) in [6.45, 7) is 9.65. The SMILES string of the molecule is COc1ccc(/C=C(\F)[C@@H](CC(C)C)NS(=O)C(C)(C)C)cc1. The zero-order valence-electron chi connectivity index (χ0n) is 14.9. The smallest absolute Gasteiger partial charge is 0.118 e. The number of hydrogen-bond donors (Lipinski definition) is 1. The standard InChI is InChI=1S/C18H28FNO2S/c1-13(2)11-17(20-23(21)18(3,4)5)16(19)12-14-7-9-15(22-6)10-8-14/h7-10,12-13,17,20H,11H2,1-6H3/b16-12-/t17-,23?/m1/s1. The molecular formula is C18H28FNO2S. The van der Waals surface area contributed by atoms with Gasteiger partial charge >= 0.3 is 0 Å². The molecule has 0 saturated heterocycles. The highest BCUT2D eigenvalue weighted by Gasteiger charge is 2.25. The number of nitrogens with one attached hydrogen (secondary N) is 1. The third-order valence-electron chi connectivity index (χ3n) is 3.27. The molecule has 5 heteroatoms. The molecule has 0 aromatic heterocycles. The van der Waals surface area contributed by atoms with Gasteiger partial charge in [-0.2, -0.15) is 0 Å². The molecular weight excluding hydrogens is 313 g/mol. The van der Waals surface area contributed by atoms with Crippen LogP contribution in [0.5, 0.6) is 5.75 Å². The highest BCUT2D eigenvalue weighted by Crippen LogP contribution is 2.21.